The molecule has 0 radical (unpaired) electrons. The summed E-state index contributed by atoms with van der Waals surface area (Å²) in [6.45, 7) is 2.04. The topological polar surface area (TPSA) is 88.2 Å². The van der Waals surface area contributed by atoms with Gasteiger partial charge in [-0.05, 0) is 48.9 Å². The van der Waals surface area contributed by atoms with Crippen molar-refractivity contribution >= 4 is 49.8 Å². The quantitative estimate of drug-likeness (QED) is 0.180. The van der Waals surface area contributed by atoms with Gasteiger partial charge in [-0.3, -0.25) is 9.52 Å². The summed E-state index contributed by atoms with van der Waals surface area (Å²) in [5.41, 5.74) is 4.27. The minimum atomic E-state index is -3.69. The summed E-state index contributed by atoms with van der Waals surface area (Å²) in [5, 5.41) is 4.90. The van der Waals surface area contributed by atoms with E-state index in [0.717, 1.165) is 21.7 Å². The van der Waals surface area contributed by atoms with Crippen LogP contribution in [0.1, 0.15) is 16.4 Å². The van der Waals surface area contributed by atoms with Crippen LogP contribution in [0.4, 0.5) is 10.8 Å². The van der Waals surface area contributed by atoms with Crippen LogP contribution in [0.25, 0.3) is 11.3 Å². The van der Waals surface area contributed by atoms with E-state index < -0.39 is 15.3 Å². The van der Waals surface area contributed by atoms with E-state index in [1.165, 1.54) is 28.7 Å². The smallest absolute Gasteiger partial charge is 0.261 e. The number of thioether (sulfide) groups is 1. The van der Waals surface area contributed by atoms with Crippen LogP contribution < -0.4 is 10.0 Å². The first-order chi connectivity index (χ1) is 18.9. The molecule has 0 aliphatic rings. The summed E-state index contributed by atoms with van der Waals surface area (Å²) in [5.74, 6) is -0.190. The first-order valence-corrected chi connectivity index (χ1v) is 15.3. The molecule has 196 valence electrons. The van der Waals surface area contributed by atoms with Gasteiger partial charge in [-0.15, -0.1) is 23.1 Å². The monoisotopic (exact) mass is 571 g/mol. The van der Waals surface area contributed by atoms with Crippen LogP contribution in [0, 0.1) is 6.92 Å². The van der Waals surface area contributed by atoms with Gasteiger partial charge in [0.2, 0.25) is 5.91 Å². The molecular formula is C30H25N3O3S3. The Morgan fingerprint density at radius 1 is 0.846 bits per heavy atom. The first kappa shape index (κ1) is 26.7. The molecule has 0 saturated carbocycles. The maximum absolute atomic E-state index is 13.5. The van der Waals surface area contributed by atoms with Crippen molar-refractivity contribution < 1.29 is 13.2 Å². The summed E-state index contributed by atoms with van der Waals surface area (Å²) >= 11 is 2.77. The maximum Gasteiger partial charge on any atom is 0.261 e. The molecule has 2 N–H and O–H groups in total. The molecule has 1 aromatic heterocycles. The number of benzene rings is 4. The lowest BCUT2D eigenvalue weighted by Gasteiger charge is -2.16. The zero-order valence-corrected chi connectivity index (χ0v) is 23.4. The van der Waals surface area contributed by atoms with E-state index in [4.69, 9.17) is 0 Å². The second-order valence-electron chi connectivity index (χ2n) is 8.74. The molecule has 0 fully saturated rings. The van der Waals surface area contributed by atoms with Gasteiger partial charge in [-0.1, -0.05) is 78.4 Å². The average molecular weight is 572 g/mol. The molecule has 5 aromatic rings. The molecule has 9 heteroatoms. The molecule has 1 heterocycles. The van der Waals surface area contributed by atoms with Crippen molar-refractivity contribution in [3.63, 3.8) is 0 Å². The molecule has 39 heavy (non-hydrogen) atoms. The van der Waals surface area contributed by atoms with Crippen LogP contribution in [0.2, 0.25) is 0 Å². The van der Waals surface area contributed by atoms with E-state index in [2.05, 4.69) is 15.0 Å². The number of aryl methyl sites for hydroxylation is 1. The number of thiazole rings is 1. The molecule has 1 atom stereocenters. The molecule has 4 aromatic carbocycles. The van der Waals surface area contributed by atoms with Gasteiger partial charge >= 0.3 is 0 Å². The van der Waals surface area contributed by atoms with E-state index in [9.17, 15) is 13.2 Å². The number of hydrogen-bond donors (Lipinski definition) is 2. The second-order valence-corrected chi connectivity index (χ2v) is 12.5. The van der Waals surface area contributed by atoms with E-state index in [1.807, 2.05) is 66.9 Å². The number of nitrogens with one attached hydrogen (secondary N) is 2. The lowest BCUT2D eigenvalue weighted by Crippen LogP contribution is -2.19. The number of rotatable bonds is 9. The van der Waals surface area contributed by atoms with Crippen LogP contribution in [0.15, 0.2) is 124 Å². The predicted octanol–water partition coefficient (Wildman–Crippen LogP) is 7.39. The SMILES string of the molecule is Cc1ccc(-c2csc(NC(=O)C(Sc3ccc(NS(=O)(=O)c4ccccc4)cc3)c3ccccc3)n2)cc1. The minimum absolute atomic E-state index is 0.190. The fourth-order valence-corrected chi connectivity index (χ4v) is 6.64. The molecule has 0 bridgehead atoms. The Hall–Kier alpha value is -3.92. The third-order valence-corrected chi connectivity index (χ3v) is 9.26. The summed E-state index contributed by atoms with van der Waals surface area (Å²) in [6, 6.07) is 32.8. The summed E-state index contributed by atoms with van der Waals surface area (Å²) < 4.78 is 27.9. The number of nitrogens with zero attached hydrogens (tertiary/aromatic N) is 1. The molecular weight excluding hydrogens is 547 g/mol. The molecule has 0 spiro atoms. The Bertz CT molecular complexity index is 1650. The first-order valence-electron chi connectivity index (χ1n) is 12.1. The van der Waals surface area contributed by atoms with Gasteiger partial charge in [-0.25, -0.2) is 13.4 Å². The molecule has 5 rings (SSSR count). The Kier molecular flexibility index (Phi) is 8.11. The highest BCUT2D eigenvalue weighted by molar-refractivity contribution is 8.00. The Morgan fingerprint density at radius 2 is 1.49 bits per heavy atom. The third kappa shape index (κ3) is 6.75. The molecule has 0 saturated heterocycles. The number of carbonyl (C=O) groups excluding carboxylic acids is 1. The van der Waals surface area contributed by atoms with Crippen LogP contribution >= 0.6 is 23.1 Å². The van der Waals surface area contributed by atoms with E-state index in [0.29, 0.717) is 10.8 Å². The molecule has 1 amide bonds. The highest BCUT2D eigenvalue weighted by atomic mass is 32.2. The van der Waals surface area contributed by atoms with Crippen molar-refractivity contribution in [1.29, 1.82) is 0 Å². The normalized spacial score (nSPS) is 12.0. The number of hydrogen-bond acceptors (Lipinski definition) is 6. The van der Waals surface area contributed by atoms with Crippen molar-refractivity contribution in [3.8, 4) is 11.3 Å². The minimum Gasteiger partial charge on any atom is -0.301 e. The largest absolute Gasteiger partial charge is 0.301 e. The Balaban J connectivity index is 1.31. The van der Waals surface area contributed by atoms with Gasteiger partial charge in [0.15, 0.2) is 5.13 Å². The summed E-state index contributed by atoms with van der Waals surface area (Å²) in [6.07, 6.45) is 0. The zero-order chi connectivity index (χ0) is 27.2. The second kappa shape index (κ2) is 11.9. The lowest BCUT2D eigenvalue weighted by atomic mass is 10.1. The van der Waals surface area contributed by atoms with Gasteiger partial charge in [-0.2, -0.15) is 0 Å². The number of amides is 1. The van der Waals surface area contributed by atoms with Crippen molar-refractivity contribution in [2.45, 2.75) is 22.0 Å². The fraction of sp³-hybridized carbons (Fsp3) is 0.0667. The highest BCUT2D eigenvalue weighted by Gasteiger charge is 2.23. The third-order valence-electron chi connectivity index (χ3n) is 5.84. The number of aromatic nitrogens is 1. The van der Waals surface area contributed by atoms with Crippen LogP contribution in [-0.4, -0.2) is 19.3 Å². The van der Waals surface area contributed by atoms with Crippen LogP contribution in [0.5, 0.6) is 0 Å². The van der Waals surface area contributed by atoms with Crippen LogP contribution in [-0.2, 0) is 14.8 Å². The molecule has 1 unspecified atom stereocenters. The fourth-order valence-electron chi connectivity index (χ4n) is 3.81. The van der Waals surface area contributed by atoms with E-state index in [-0.39, 0.29) is 10.8 Å². The Morgan fingerprint density at radius 3 is 2.15 bits per heavy atom. The van der Waals surface area contributed by atoms with Gasteiger partial charge in [0.1, 0.15) is 5.25 Å². The van der Waals surface area contributed by atoms with Crippen molar-refractivity contribution in [3.05, 3.63) is 126 Å². The van der Waals surface area contributed by atoms with Gasteiger partial charge in [0, 0.05) is 21.5 Å². The van der Waals surface area contributed by atoms with Crippen LogP contribution in [0.3, 0.4) is 0 Å². The van der Waals surface area contributed by atoms with Crippen molar-refractivity contribution in [2.75, 3.05) is 10.0 Å². The average Bonchev–Trinajstić information content (AvgIpc) is 3.42. The molecule has 6 nitrogen and oxygen atoms in total. The van der Waals surface area contributed by atoms with Crippen molar-refractivity contribution in [2.24, 2.45) is 0 Å². The number of anilines is 2. The number of carbonyl (C=O) groups is 1. The predicted molar refractivity (Wildman–Crippen MR) is 160 cm³/mol. The van der Waals surface area contributed by atoms with Gasteiger partial charge in [0.25, 0.3) is 10.0 Å². The van der Waals surface area contributed by atoms with E-state index in [1.54, 1.807) is 54.6 Å². The zero-order valence-electron chi connectivity index (χ0n) is 20.9. The maximum atomic E-state index is 13.5. The molecule has 0 aliphatic heterocycles. The van der Waals surface area contributed by atoms with Gasteiger partial charge in [0.05, 0.1) is 10.6 Å². The summed E-state index contributed by atoms with van der Waals surface area (Å²) in [7, 11) is -3.69. The lowest BCUT2D eigenvalue weighted by molar-refractivity contribution is -0.115. The Labute approximate surface area is 236 Å². The van der Waals surface area contributed by atoms with Gasteiger partial charge < -0.3 is 5.32 Å². The number of sulfonamides is 1. The summed E-state index contributed by atoms with van der Waals surface area (Å²) in [4.78, 5) is 19.1. The van der Waals surface area contributed by atoms with Crippen molar-refractivity contribution in [1.82, 2.24) is 4.98 Å². The standard InChI is InChI=1S/C30H25N3O3S3/c1-21-12-14-22(15-13-21)27-20-37-30(31-27)32-29(34)28(23-8-4-2-5-9-23)38-25-18-16-24(17-19-25)33-39(35,36)26-10-6-3-7-11-26/h2-20,28,33H,1H3,(H,31,32,34). The highest BCUT2D eigenvalue weighted by Crippen LogP contribution is 2.37. The molecule has 0 aliphatic carbocycles. The van der Waals surface area contributed by atoms with E-state index >= 15 is 0 Å².